The molecule has 3 rings (SSSR count). The highest BCUT2D eigenvalue weighted by molar-refractivity contribution is 9.10. The summed E-state index contributed by atoms with van der Waals surface area (Å²) in [7, 11) is 0. The third-order valence-electron chi connectivity index (χ3n) is 4.15. The van der Waals surface area contributed by atoms with Crippen LogP contribution in [0.5, 0.6) is 0 Å². The van der Waals surface area contributed by atoms with E-state index in [1.807, 2.05) is 42.5 Å². The lowest BCUT2D eigenvalue weighted by Gasteiger charge is -2.30. The van der Waals surface area contributed by atoms with Crippen molar-refractivity contribution in [3.8, 4) is 0 Å². The van der Waals surface area contributed by atoms with E-state index in [4.69, 9.17) is 0 Å². The second-order valence-corrected chi connectivity index (χ2v) is 6.83. The number of benzene rings is 2. The van der Waals surface area contributed by atoms with Crippen molar-refractivity contribution in [3.05, 3.63) is 58.6 Å². The molecule has 1 aliphatic rings. The molecule has 1 aliphatic heterocycles. The Labute approximate surface area is 145 Å². The molecule has 0 spiro atoms. The monoisotopic (exact) mass is 372 g/mol. The standard InChI is InChI=1S/C19H21BrN2O/c20-16-10-8-15(9-11-16)14-19(23)21-17-6-2-3-7-18(17)22-12-4-1-5-13-22/h2-3,6-11H,1,4-5,12-14H2,(H,21,23). The average molecular weight is 373 g/mol. The predicted molar refractivity (Wildman–Crippen MR) is 99.0 cm³/mol. The van der Waals surface area contributed by atoms with E-state index >= 15 is 0 Å². The molecule has 0 atom stereocenters. The van der Waals surface area contributed by atoms with Gasteiger partial charge in [0, 0.05) is 17.6 Å². The summed E-state index contributed by atoms with van der Waals surface area (Å²) >= 11 is 3.41. The van der Waals surface area contributed by atoms with Crippen LogP contribution >= 0.6 is 15.9 Å². The molecule has 1 heterocycles. The average Bonchev–Trinajstić information content (AvgIpc) is 2.58. The summed E-state index contributed by atoms with van der Waals surface area (Å²) in [6, 6.07) is 16.0. The summed E-state index contributed by atoms with van der Waals surface area (Å²) in [5, 5.41) is 3.08. The number of anilines is 2. The van der Waals surface area contributed by atoms with E-state index in [1.165, 1.54) is 19.3 Å². The van der Waals surface area contributed by atoms with Gasteiger partial charge in [-0.05, 0) is 49.1 Å². The Bertz CT molecular complexity index is 663. The molecule has 0 unspecified atom stereocenters. The third kappa shape index (κ3) is 4.35. The van der Waals surface area contributed by atoms with Crippen molar-refractivity contribution in [2.75, 3.05) is 23.3 Å². The van der Waals surface area contributed by atoms with E-state index < -0.39 is 0 Å². The third-order valence-corrected chi connectivity index (χ3v) is 4.68. The maximum atomic E-state index is 12.4. The van der Waals surface area contributed by atoms with Gasteiger partial charge < -0.3 is 10.2 Å². The molecule has 1 N–H and O–H groups in total. The lowest BCUT2D eigenvalue weighted by Crippen LogP contribution is -2.30. The van der Waals surface area contributed by atoms with Crippen molar-refractivity contribution < 1.29 is 4.79 Å². The highest BCUT2D eigenvalue weighted by Gasteiger charge is 2.15. The molecule has 0 aromatic heterocycles. The van der Waals surface area contributed by atoms with E-state index in [0.29, 0.717) is 6.42 Å². The lowest BCUT2D eigenvalue weighted by atomic mass is 10.1. The molecule has 23 heavy (non-hydrogen) atoms. The first kappa shape index (κ1) is 16.1. The normalized spacial score (nSPS) is 14.6. The van der Waals surface area contributed by atoms with Crippen LogP contribution in [-0.2, 0) is 11.2 Å². The van der Waals surface area contributed by atoms with Crippen LogP contribution in [0.1, 0.15) is 24.8 Å². The van der Waals surface area contributed by atoms with Crippen molar-refractivity contribution in [1.82, 2.24) is 0 Å². The second-order valence-electron chi connectivity index (χ2n) is 5.92. The number of amides is 1. The number of rotatable bonds is 4. The minimum atomic E-state index is 0.0248. The molecule has 4 heteroatoms. The van der Waals surface area contributed by atoms with Crippen molar-refractivity contribution in [2.45, 2.75) is 25.7 Å². The van der Waals surface area contributed by atoms with E-state index in [-0.39, 0.29) is 5.91 Å². The largest absolute Gasteiger partial charge is 0.370 e. The first-order chi connectivity index (χ1) is 11.2. The summed E-state index contributed by atoms with van der Waals surface area (Å²) < 4.78 is 1.03. The Kier molecular flexibility index (Phi) is 5.34. The van der Waals surface area contributed by atoms with Gasteiger partial charge in [-0.15, -0.1) is 0 Å². The van der Waals surface area contributed by atoms with Crippen LogP contribution in [0.2, 0.25) is 0 Å². The molecule has 1 saturated heterocycles. The zero-order valence-electron chi connectivity index (χ0n) is 13.1. The molecule has 0 aliphatic carbocycles. The van der Waals surface area contributed by atoms with Crippen LogP contribution in [-0.4, -0.2) is 19.0 Å². The topological polar surface area (TPSA) is 32.3 Å². The van der Waals surface area contributed by atoms with Gasteiger partial charge in [-0.1, -0.05) is 40.2 Å². The summed E-state index contributed by atoms with van der Waals surface area (Å²) in [6.45, 7) is 2.14. The number of nitrogens with one attached hydrogen (secondary N) is 1. The number of hydrogen-bond donors (Lipinski definition) is 1. The number of piperidine rings is 1. The summed E-state index contributed by atoms with van der Waals surface area (Å²) in [5.41, 5.74) is 3.06. The van der Waals surface area contributed by atoms with Gasteiger partial charge in [0.05, 0.1) is 17.8 Å². The maximum absolute atomic E-state index is 12.4. The molecule has 0 saturated carbocycles. The number of carbonyl (C=O) groups is 1. The second kappa shape index (κ2) is 7.64. The van der Waals surface area contributed by atoms with Crippen LogP contribution < -0.4 is 10.2 Å². The minimum Gasteiger partial charge on any atom is -0.370 e. The van der Waals surface area contributed by atoms with Crippen LogP contribution in [0.4, 0.5) is 11.4 Å². The summed E-state index contributed by atoms with van der Waals surface area (Å²) in [6.07, 6.45) is 4.14. The van der Waals surface area contributed by atoms with Gasteiger partial charge in [0.1, 0.15) is 0 Å². The Morgan fingerprint density at radius 1 is 1.00 bits per heavy atom. The Morgan fingerprint density at radius 3 is 2.43 bits per heavy atom. The van der Waals surface area contributed by atoms with Crippen molar-refractivity contribution >= 4 is 33.2 Å². The molecular weight excluding hydrogens is 352 g/mol. The molecule has 1 amide bonds. The predicted octanol–water partition coefficient (Wildman–Crippen LogP) is 4.62. The molecule has 3 nitrogen and oxygen atoms in total. The molecule has 0 radical (unpaired) electrons. The van der Waals surface area contributed by atoms with Gasteiger partial charge in [-0.3, -0.25) is 4.79 Å². The molecule has 1 fully saturated rings. The molecule has 2 aromatic carbocycles. The van der Waals surface area contributed by atoms with Crippen LogP contribution in [0.15, 0.2) is 53.0 Å². The summed E-state index contributed by atoms with van der Waals surface area (Å²) in [4.78, 5) is 14.7. The van der Waals surface area contributed by atoms with Crippen molar-refractivity contribution in [2.24, 2.45) is 0 Å². The fraction of sp³-hybridized carbons (Fsp3) is 0.316. The van der Waals surface area contributed by atoms with Gasteiger partial charge in [0.25, 0.3) is 0 Å². The number of carbonyl (C=O) groups excluding carboxylic acids is 1. The number of nitrogens with zero attached hydrogens (tertiary/aromatic N) is 1. The van der Waals surface area contributed by atoms with Crippen LogP contribution in [0.3, 0.4) is 0 Å². The maximum Gasteiger partial charge on any atom is 0.228 e. The van der Waals surface area contributed by atoms with Gasteiger partial charge >= 0.3 is 0 Å². The van der Waals surface area contributed by atoms with Gasteiger partial charge in [0.2, 0.25) is 5.91 Å². The molecule has 120 valence electrons. The molecule has 0 bridgehead atoms. The smallest absolute Gasteiger partial charge is 0.228 e. The highest BCUT2D eigenvalue weighted by atomic mass is 79.9. The molecular formula is C19H21BrN2O. The number of hydrogen-bond acceptors (Lipinski definition) is 2. The van der Waals surface area contributed by atoms with Gasteiger partial charge in [0.15, 0.2) is 0 Å². The quantitative estimate of drug-likeness (QED) is 0.848. The SMILES string of the molecule is O=C(Cc1ccc(Br)cc1)Nc1ccccc1N1CCCCC1. The highest BCUT2D eigenvalue weighted by Crippen LogP contribution is 2.28. The molecule has 2 aromatic rings. The minimum absolute atomic E-state index is 0.0248. The van der Waals surface area contributed by atoms with Crippen LogP contribution in [0, 0.1) is 0 Å². The van der Waals surface area contributed by atoms with E-state index in [9.17, 15) is 4.79 Å². The van der Waals surface area contributed by atoms with Crippen LogP contribution in [0.25, 0.3) is 0 Å². The zero-order valence-corrected chi connectivity index (χ0v) is 14.7. The lowest BCUT2D eigenvalue weighted by molar-refractivity contribution is -0.115. The Morgan fingerprint density at radius 2 is 1.70 bits per heavy atom. The zero-order chi connectivity index (χ0) is 16.1. The first-order valence-corrected chi connectivity index (χ1v) is 8.90. The fourth-order valence-electron chi connectivity index (χ4n) is 2.97. The summed E-state index contributed by atoms with van der Waals surface area (Å²) in [5.74, 6) is 0.0248. The van der Waals surface area contributed by atoms with Gasteiger partial charge in [-0.2, -0.15) is 0 Å². The van der Waals surface area contributed by atoms with Crippen molar-refractivity contribution in [1.29, 1.82) is 0 Å². The van der Waals surface area contributed by atoms with E-state index in [1.54, 1.807) is 0 Å². The van der Waals surface area contributed by atoms with E-state index in [2.05, 4.69) is 32.2 Å². The fourth-order valence-corrected chi connectivity index (χ4v) is 3.24. The van der Waals surface area contributed by atoms with E-state index in [0.717, 1.165) is 34.5 Å². The Hall–Kier alpha value is -1.81. The number of para-hydroxylation sites is 2. The first-order valence-electron chi connectivity index (χ1n) is 8.10. The Balaban J connectivity index is 1.69. The van der Waals surface area contributed by atoms with Crippen molar-refractivity contribution in [3.63, 3.8) is 0 Å². The van der Waals surface area contributed by atoms with Gasteiger partial charge in [-0.25, -0.2) is 0 Å². The number of halogens is 1.